The van der Waals surface area contributed by atoms with Gasteiger partial charge in [-0.3, -0.25) is 4.79 Å². The Balaban J connectivity index is 2.32. The van der Waals surface area contributed by atoms with Crippen molar-refractivity contribution in [2.75, 3.05) is 24.5 Å². The summed E-state index contributed by atoms with van der Waals surface area (Å²) in [6, 6.07) is 0.426. The highest BCUT2D eigenvalue weighted by molar-refractivity contribution is 9.10. The van der Waals surface area contributed by atoms with Crippen molar-refractivity contribution in [2.45, 2.75) is 19.4 Å². The Kier molecular flexibility index (Phi) is 3.60. The SMILES string of the molecule is CCN(c1nc[nH]c(=O)c1Br)C1CCNC1. The van der Waals surface area contributed by atoms with Gasteiger partial charge in [-0.05, 0) is 35.8 Å². The molecule has 0 aliphatic carbocycles. The van der Waals surface area contributed by atoms with Gasteiger partial charge in [0.2, 0.25) is 0 Å². The highest BCUT2D eigenvalue weighted by atomic mass is 79.9. The van der Waals surface area contributed by atoms with E-state index in [2.05, 4.69) is 43.0 Å². The summed E-state index contributed by atoms with van der Waals surface area (Å²) in [5.41, 5.74) is -0.130. The second-order valence-corrected chi connectivity index (χ2v) is 4.59. The van der Waals surface area contributed by atoms with Crippen LogP contribution in [0.4, 0.5) is 5.82 Å². The van der Waals surface area contributed by atoms with E-state index in [4.69, 9.17) is 0 Å². The molecule has 1 aliphatic rings. The van der Waals surface area contributed by atoms with Crippen molar-refractivity contribution in [3.8, 4) is 0 Å². The summed E-state index contributed by atoms with van der Waals surface area (Å²) in [6.45, 7) is 4.91. The molecule has 88 valence electrons. The molecule has 2 rings (SSSR count). The summed E-state index contributed by atoms with van der Waals surface area (Å²) >= 11 is 3.30. The van der Waals surface area contributed by atoms with Gasteiger partial charge in [0.05, 0.1) is 6.33 Å². The number of aromatic nitrogens is 2. The number of nitrogens with one attached hydrogen (secondary N) is 2. The highest BCUT2D eigenvalue weighted by Gasteiger charge is 2.24. The molecule has 1 atom stereocenters. The molecule has 1 saturated heterocycles. The summed E-state index contributed by atoms with van der Waals surface area (Å²) in [6.07, 6.45) is 2.54. The Morgan fingerprint density at radius 2 is 2.50 bits per heavy atom. The lowest BCUT2D eigenvalue weighted by molar-refractivity contribution is 0.637. The van der Waals surface area contributed by atoms with Crippen molar-refractivity contribution in [2.24, 2.45) is 0 Å². The standard InChI is InChI=1S/C10H15BrN4O/c1-2-15(7-3-4-12-5-7)9-8(11)10(16)14-6-13-9/h6-7,12H,2-5H2,1H3,(H,13,14,16). The van der Waals surface area contributed by atoms with Gasteiger partial charge in [0.15, 0.2) is 5.82 Å². The number of hydrogen-bond donors (Lipinski definition) is 2. The fourth-order valence-electron chi connectivity index (χ4n) is 2.06. The Hall–Kier alpha value is -0.880. The molecule has 0 aromatic carbocycles. The molecule has 1 unspecified atom stereocenters. The number of hydrogen-bond acceptors (Lipinski definition) is 4. The second-order valence-electron chi connectivity index (χ2n) is 3.80. The van der Waals surface area contributed by atoms with Gasteiger partial charge in [0.25, 0.3) is 5.56 Å². The molecule has 0 amide bonds. The molecule has 0 bridgehead atoms. The topological polar surface area (TPSA) is 61.0 Å². The molecule has 1 aromatic rings. The first-order chi connectivity index (χ1) is 7.74. The van der Waals surface area contributed by atoms with E-state index in [9.17, 15) is 4.79 Å². The molecule has 1 fully saturated rings. The zero-order valence-electron chi connectivity index (χ0n) is 9.16. The third-order valence-electron chi connectivity index (χ3n) is 2.87. The molecule has 0 radical (unpaired) electrons. The number of nitrogens with zero attached hydrogens (tertiary/aromatic N) is 2. The minimum absolute atomic E-state index is 0.130. The van der Waals surface area contributed by atoms with Crippen LogP contribution in [-0.2, 0) is 0 Å². The van der Waals surface area contributed by atoms with E-state index >= 15 is 0 Å². The predicted octanol–water partition coefficient (Wildman–Crippen LogP) is 0.721. The molecule has 2 heterocycles. The molecule has 1 aromatic heterocycles. The Morgan fingerprint density at radius 3 is 3.12 bits per heavy atom. The molecule has 5 nitrogen and oxygen atoms in total. The molecular weight excluding hydrogens is 272 g/mol. The second kappa shape index (κ2) is 4.97. The van der Waals surface area contributed by atoms with Crippen LogP contribution >= 0.6 is 15.9 Å². The minimum Gasteiger partial charge on any atom is -0.351 e. The van der Waals surface area contributed by atoms with Crippen LogP contribution in [0.25, 0.3) is 0 Å². The van der Waals surface area contributed by atoms with Crippen LogP contribution in [0.1, 0.15) is 13.3 Å². The van der Waals surface area contributed by atoms with Crippen LogP contribution in [0.5, 0.6) is 0 Å². The number of rotatable bonds is 3. The van der Waals surface area contributed by atoms with E-state index < -0.39 is 0 Å². The third-order valence-corrected chi connectivity index (χ3v) is 3.58. The maximum atomic E-state index is 11.5. The van der Waals surface area contributed by atoms with E-state index in [0.29, 0.717) is 10.5 Å². The third kappa shape index (κ3) is 2.12. The van der Waals surface area contributed by atoms with Gasteiger partial charge in [-0.2, -0.15) is 0 Å². The van der Waals surface area contributed by atoms with Gasteiger partial charge in [-0.15, -0.1) is 0 Å². The lowest BCUT2D eigenvalue weighted by Crippen LogP contribution is -2.38. The summed E-state index contributed by atoms with van der Waals surface area (Å²) < 4.78 is 0.517. The lowest BCUT2D eigenvalue weighted by Gasteiger charge is -2.28. The number of halogens is 1. The van der Waals surface area contributed by atoms with Crippen LogP contribution in [0.2, 0.25) is 0 Å². The van der Waals surface area contributed by atoms with Crippen molar-refractivity contribution >= 4 is 21.7 Å². The molecule has 0 saturated carbocycles. The molecule has 2 N–H and O–H groups in total. The summed E-state index contributed by atoms with van der Waals surface area (Å²) in [5, 5.41) is 3.32. The highest BCUT2D eigenvalue weighted by Crippen LogP contribution is 2.22. The van der Waals surface area contributed by atoms with Gasteiger partial charge in [-0.1, -0.05) is 0 Å². The van der Waals surface area contributed by atoms with Crippen molar-refractivity contribution in [1.82, 2.24) is 15.3 Å². The Bertz CT molecular complexity index is 414. The van der Waals surface area contributed by atoms with Crippen molar-refractivity contribution in [3.63, 3.8) is 0 Å². The maximum absolute atomic E-state index is 11.5. The molecule has 0 spiro atoms. The number of H-pyrrole nitrogens is 1. The van der Waals surface area contributed by atoms with E-state index in [-0.39, 0.29) is 5.56 Å². The number of aromatic amines is 1. The summed E-state index contributed by atoms with van der Waals surface area (Å²) in [4.78, 5) is 20.5. The van der Waals surface area contributed by atoms with Gasteiger partial charge < -0.3 is 15.2 Å². The van der Waals surface area contributed by atoms with Crippen LogP contribution in [0, 0.1) is 0 Å². The van der Waals surface area contributed by atoms with Gasteiger partial charge >= 0.3 is 0 Å². The van der Waals surface area contributed by atoms with E-state index in [1.54, 1.807) is 0 Å². The van der Waals surface area contributed by atoms with Crippen LogP contribution in [-0.4, -0.2) is 35.6 Å². The zero-order chi connectivity index (χ0) is 11.5. The normalized spacial score (nSPS) is 20.0. The Morgan fingerprint density at radius 1 is 1.69 bits per heavy atom. The lowest BCUT2D eigenvalue weighted by atomic mass is 10.2. The van der Waals surface area contributed by atoms with Gasteiger partial charge in [0, 0.05) is 19.1 Å². The number of likely N-dealkylation sites (N-methyl/N-ethyl adjacent to an activating group) is 1. The predicted molar refractivity (Wildman–Crippen MR) is 66.9 cm³/mol. The first-order valence-electron chi connectivity index (χ1n) is 5.44. The average Bonchev–Trinajstić information content (AvgIpc) is 2.79. The van der Waals surface area contributed by atoms with Crippen LogP contribution in [0.15, 0.2) is 15.6 Å². The monoisotopic (exact) mass is 286 g/mol. The van der Waals surface area contributed by atoms with E-state index in [1.165, 1.54) is 6.33 Å². The van der Waals surface area contributed by atoms with Crippen molar-refractivity contribution in [3.05, 3.63) is 21.2 Å². The van der Waals surface area contributed by atoms with Crippen molar-refractivity contribution in [1.29, 1.82) is 0 Å². The van der Waals surface area contributed by atoms with E-state index in [1.807, 2.05) is 0 Å². The molecular formula is C10H15BrN4O. The Labute approximate surface area is 102 Å². The largest absolute Gasteiger partial charge is 0.351 e. The molecule has 6 heteroatoms. The first kappa shape index (κ1) is 11.6. The first-order valence-corrected chi connectivity index (χ1v) is 6.24. The average molecular weight is 287 g/mol. The zero-order valence-corrected chi connectivity index (χ0v) is 10.7. The molecule has 1 aliphatic heterocycles. The van der Waals surface area contributed by atoms with Crippen LogP contribution < -0.4 is 15.8 Å². The van der Waals surface area contributed by atoms with Crippen LogP contribution in [0.3, 0.4) is 0 Å². The van der Waals surface area contributed by atoms with Gasteiger partial charge in [-0.25, -0.2) is 4.98 Å². The van der Waals surface area contributed by atoms with Gasteiger partial charge in [0.1, 0.15) is 4.47 Å². The quantitative estimate of drug-likeness (QED) is 0.860. The smallest absolute Gasteiger partial charge is 0.267 e. The summed E-state index contributed by atoms with van der Waals surface area (Å²) in [5.74, 6) is 0.736. The number of anilines is 1. The van der Waals surface area contributed by atoms with E-state index in [0.717, 1.165) is 31.9 Å². The van der Waals surface area contributed by atoms with Crippen molar-refractivity contribution < 1.29 is 0 Å². The maximum Gasteiger partial charge on any atom is 0.267 e. The fraction of sp³-hybridized carbons (Fsp3) is 0.600. The fourth-order valence-corrected chi connectivity index (χ4v) is 2.50. The molecule has 16 heavy (non-hydrogen) atoms. The summed E-state index contributed by atoms with van der Waals surface area (Å²) in [7, 11) is 0. The minimum atomic E-state index is -0.130.